The number of hydrogen-bond donors (Lipinski definition) is 2. The van der Waals surface area contributed by atoms with Crippen LogP contribution in [-0.4, -0.2) is 35.1 Å². The second kappa shape index (κ2) is 7.84. The van der Waals surface area contributed by atoms with Crippen molar-refractivity contribution in [3.63, 3.8) is 0 Å². The molecule has 0 aliphatic carbocycles. The van der Waals surface area contributed by atoms with E-state index >= 15 is 0 Å². The third-order valence-corrected chi connectivity index (χ3v) is 4.39. The number of alkyl halides is 3. The lowest BCUT2D eigenvalue weighted by Crippen LogP contribution is -2.97. The van der Waals surface area contributed by atoms with Crippen molar-refractivity contribution in [3.8, 4) is 0 Å². The van der Waals surface area contributed by atoms with Crippen molar-refractivity contribution < 1.29 is 14.8 Å². The summed E-state index contributed by atoms with van der Waals surface area (Å²) in [6.45, 7) is 3.29. The largest absolute Gasteiger partial charge is 0.372 e. The number of nitrogens with two attached hydrogens (primary N) is 1. The predicted molar refractivity (Wildman–Crippen MR) is 88.5 cm³/mol. The first-order chi connectivity index (χ1) is 10.4. The molecule has 1 fully saturated rings. The van der Waals surface area contributed by atoms with Crippen molar-refractivity contribution in [1.29, 1.82) is 0 Å². The van der Waals surface area contributed by atoms with Crippen LogP contribution in [0.1, 0.15) is 28.8 Å². The van der Waals surface area contributed by atoms with Crippen LogP contribution in [0.2, 0.25) is 0 Å². The van der Waals surface area contributed by atoms with E-state index in [2.05, 4.69) is 5.32 Å². The first-order valence-electron chi connectivity index (χ1n) is 7.26. The highest BCUT2D eigenvalue weighted by atomic mass is 35.6. The standard InChI is InChI=1S/C15H19Cl3N2O2/c1-10-5-2-3-7-12(10)13(21)20-14(15(16,17)18)19-9-11-6-4-8-22-11/h2-3,5,7,11,14,19H,4,6,8-9H2,1H3,(H,20,21)/p+1. The van der Waals surface area contributed by atoms with Crippen LogP contribution in [0.25, 0.3) is 0 Å². The number of halogens is 3. The van der Waals surface area contributed by atoms with Crippen molar-refractivity contribution >= 4 is 40.7 Å². The van der Waals surface area contributed by atoms with Gasteiger partial charge in [-0.25, -0.2) is 0 Å². The fourth-order valence-electron chi connectivity index (χ4n) is 2.44. The number of nitrogens with one attached hydrogen (secondary N) is 1. The number of hydrogen-bond acceptors (Lipinski definition) is 2. The molecule has 1 heterocycles. The summed E-state index contributed by atoms with van der Waals surface area (Å²) in [6, 6.07) is 7.31. The quantitative estimate of drug-likeness (QED) is 0.620. The average molecular weight is 367 g/mol. The SMILES string of the molecule is Cc1ccccc1C(=O)NC([NH2+]CC1CCCO1)C(Cl)(Cl)Cl. The highest BCUT2D eigenvalue weighted by Crippen LogP contribution is 2.27. The minimum absolute atomic E-state index is 0.144. The van der Waals surface area contributed by atoms with Crippen molar-refractivity contribution in [3.05, 3.63) is 35.4 Å². The van der Waals surface area contributed by atoms with Crippen molar-refractivity contribution in [2.45, 2.75) is 35.8 Å². The molecule has 1 amide bonds. The molecule has 1 aliphatic rings. The molecule has 0 bridgehead atoms. The van der Waals surface area contributed by atoms with Gasteiger partial charge in [-0.15, -0.1) is 0 Å². The van der Waals surface area contributed by atoms with Crippen LogP contribution >= 0.6 is 34.8 Å². The van der Waals surface area contributed by atoms with Gasteiger partial charge in [0.25, 0.3) is 9.70 Å². The number of ether oxygens (including phenoxy) is 1. The van der Waals surface area contributed by atoms with Crippen LogP contribution < -0.4 is 10.6 Å². The number of carbonyl (C=O) groups is 1. The average Bonchev–Trinajstić information content (AvgIpc) is 2.95. The number of carbonyl (C=O) groups excluding carboxylic acids is 1. The fraction of sp³-hybridized carbons (Fsp3) is 0.533. The normalized spacial score (nSPS) is 19.9. The molecule has 0 radical (unpaired) electrons. The van der Waals surface area contributed by atoms with E-state index in [0.29, 0.717) is 12.1 Å². The maximum Gasteiger partial charge on any atom is 0.262 e. The van der Waals surface area contributed by atoms with Gasteiger partial charge in [-0.3, -0.25) is 10.1 Å². The van der Waals surface area contributed by atoms with Crippen molar-refractivity contribution in [2.24, 2.45) is 0 Å². The van der Waals surface area contributed by atoms with Gasteiger partial charge in [0.1, 0.15) is 12.6 Å². The molecule has 1 aromatic carbocycles. The van der Waals surface area contributed by atoms with Crippen LogP contribution in [0.15, 0.2) is 24.3 Å². The summed E-state index contributed by atoms with van der Waals surface area (Å²) < 4.78 is 3.95. The Morgan fingerprint density at radius 2 is 2.18 bits per heavy atom. The lowest BCUT2D eigenvalue weighted by Gasteiger charge is -2.24. The van der Waals surface area contributed by atoms with Crippen LogP contribution in [0.3, 0.4) is 0 Å². The monoisotopic (exact) mass is 365 g/mol. The zero-order chi connectivity index (χ0) is 16.2. The van der Waals surface area contributed by atoms with Gasteiger partial charge >= 0.3 is 0 Å². The van der Waals surface area contributed by atoms with E-state index in [1.807, 2.05) is 30.4 Å². The molecule has 2 unspecified atom stereocenters. The molecule has 22 heavy (non-hydrogen) atoms. The fourth-order valence-corrected chi connectivity index (χ4v) is 2.87. The number of quaternary nitrogens is 1. The van der Waals surface area contributed by atoms with Gasteiger partial charge in [0.2, 0.25) is 6.17 Å². The molecular weight excluding hydrogens is 347 g/mol. The second-order valence-electron chi connectivity index (χ2n) is 5.41. The summed E-state index contributed by atoms with van der Waals surface area (Å²) in [5.41, 5.74) is 1.45. The predicted octanol–water partition coefficient (Wildman–Crippen LogP) is 2.16. The van der Waals surface area contributed by atoms with E-state index in [1.54, 1.807) is 6.07 Å². The van der Waals surface area contributed by atoms with Gasteiger partial charge < -0.3 is 10.1 Å². The molecule has 1 aromatic rings. The Morgan fingerprint density at radius 3 is 2.77 bits per heavy atom. The Balaban J connectivity index is 2.00. The zero-order valence-corrected chi connectivity index (χ0v) is 14.6. The smallest absolute Gasteiger partial charge is 0.262 e. The Labute approximate surface area is 145 Å². The topological polar surface area (TPSA) is 54.9 Å². The molecule has 2 atom stereocenters. The van der Waals surface area contributed by atoms with Crippen LogP contribution in [-0.2, 0) is 4.74 Å². The minimum Gasteiger partial charge on any atom is -0.372 e. The molecular formula is C15H20Cl3N2O2+. The summed E-state index contributed by atoms with van der Waals surface area (Å²) in [4.78, 5) is 12.4. The molecule has 1 aliphatic heterocycles. The van der Waals surface area contributed by atoms with Gasteiger partial charge in [0.05, 0.1) is 0 Å². The molecule has 1 saturated heterocycles. The van der Waals surface area contributed by atoms with Gasteiger partial charge in [-0.1, -0.05) is 53.0 Å². The Kier molecular flexibility index (Phi) is 6.36. The van der Waals surface area contributed by atoms with E-state index in [0.717, 1.165) is 25.0 Å². The van der Waals surface area contributed by atoms with Crippen molar-refractivity contribution in [1.82, 2.24) is 5.32 Å². The van der Waals surface area contributed by atoms with E-state index in [1.165, 1.54) is 0 Å². The first kappa shape index (κ1) is 17.8. The number of benzene rings is 1. The van der Waals surface area contributed by atoms with Crippen molar-refractivity contribution in [2.75, 3.05) is 13.2 Å². The van der Waals surface area contributed by atoms with Crippen LogP contribution in [0, 0.1) is 6.92 Å². The number of rotatable bonds is 5. The molecule has 122 valence electrons. The summed E-state index contributed by atoms with van der Waals surface area (Å²) in [7, 11) is 0. The molecule has 0 saturated carbocycles. The maximum absolute atomic E-state index is 12.4. The Bertz CT molecular complexity index is 514. The molecule has 3 N–H and O–H groups in total. The van der Waals surface area contributed by atoms with Gasteiger partial charge in [0, 0.05) is 12.2 Å². The summed E-state index contributed by atoms with van der Waals surface area (Å²) in [5, 5.41) is 4.61. The number of amides is 1. The Hall–Kier alpha value is -0.520. The molecule has 2 rings (SSSR count). The molecule has 4 nitrogen and oxygen atoms in total. The highest BCUT2D eigenvalue weighted by Gasteiger charge is 2.38. The summed E-state index contributed by atoms with van der Waals surface area (Å²) in [5.74, 6) is -0.252. The molecule has 0 spiro atoms. The van der Waals surface area contributed by atoms with Crippen LogP contribution in [0.4, 0.5) is 0 Å². The third-order valence-electron chi connectivity index (χ3n) is 3.69. The van der Waals surface area contributed by atoms with Gasteiger partial charge in [0.15, 0.2) is 0 Å². The molecule has 7 heteroatoms. The number of aryl methyl sites for hydroxylation is 1. The molecule has 0 aromatic heterocycles. The highest BCUT2D eigenvalue weighted by molar-refractivity contribution is 6.68. The van der Waals surface area contributed by atoms with E-state index < -0.39 is 9.96 Å². The summed E-state index contributed by atoms with van der Waals surface area (Å²) >= 11 is 18.0. The van der Waals surface area contributed by atoms with E-state index in [-0.39, 0.29) is 12.0 Å². The lowest BCUT2D eigenvalue weighted by atomic mass is 10.1. The summed E-state index contributed by atoms with van der Waals surface area (Å²) in [6.07, 6.45) is 1.51. The van der Waals surface area contributed by atoms with E-state index in [9.17, 15) is 4.79 Å². The minimum atomic E-state index is -1.60. The maximum atomic E-state index is 12.4. The Morgan fingerprint density at radius 1 is 1.45 bits per heavy atom. The first-order valence-corrected chi connectivity index (χ1v) is 8.39. The second-order valence-corrected chi connectivity index (χ2v) is 7.78. The zero-order valence-electron chi connectivity index (χ0n) is 12.3. The van der Waals surface area contributed by atoms with Crippen LogP contribution in [0.5, 0.6) is 0 Å². The van der Waals surface area contributed by atoms with E-state index in [4.69, 9.17) is 39.5 Å². The van der Waals surface area contributed by atoms with Gasteiger partial charge in [-0.2, -0.15) is 0 Å². The lowest BCUT2D eigenvalue weighted by molar-refractivity contribution is -0.697. The van der Waals surface area contributed by atoms with Gasteiger partial charge in [-0.05, 0) is 31.4 Å². The third kappa shape index (κ3) is 5.00.